The third kappa shape index (κ3) is 7.64. The zero-order valence-corrected chi connectivity index (χ0v) is 20.7. The molecule has 1 heterocycles. The highest BCUT2D eigenvalue weighted by Crippen LogP contribution is 2.17. The van der Waals surface area contributed by atoms with E-state index in [0.29, 0.717) is 24.6 Å². The monoisotopic (exact) mass is 537 g/mol. The predicted octanol–water partition coefficient (Wildman–Crippen LogP) is 3.01. The maximum atomic E-state index is 12.7. The summed E-state index contributed by atoms with van der Waals surface area (Å²) in [5.41, 5.74) is 0.116. The Morgan fingerprint density at radius 1 is 1.18 bits per heavy atom. The molecule has 0 saturated carbocycles. The van der Waals surface area contributed by atoms with Crippen LogP contribution in [0.3, 0.4) is 0 Å². The number of hydrogen-bond donors (Lipinski definition) is 3. The first-order chi connectivity index (χ1) is 12.6. The number of nitrogens with one attached hydrogen (secondary N) is 3. The van der Waals surface area contributed by atoms with Crippen molar-refractivity contribution in [2.75, 3.05) is 7.05 Å². The molecule has 1 aromatic carbocycles. The SMILES string of the molecule is CN=C(NCc1ncc(C)s1)NCc1ccccc1S(=O)(=O)NC(C)(C)C.I. The number of hydrogen-bond acceptors (Lipinski definition) is 5. The molecule has 156 valence electrons. The van der Waals surface area contributed by atoms with E-state index >= 15 is 0 Å². The molecule has 2 aromatic rings. The number of rotatable bonds is 6. The van der Waals surface area contributed by atoms with E-state index in [1.807, 2.05) is 40.0 Å². The maximum absolute atomic E-state index is 12.7. The van der Waals surface area contributed by atoms with Crippen LogP contribution >= 0.6 is 35.3 Å². The van der Waals surface area contributed by atoms with Crippen molar-refractivity contribution in [1.82, 2.24) is 20.3 Å². The average molecular weight is 537 g/mol. The molecule has 0 aliphatic heterocycles. The molecule has 0 amide bonds. The van der Waals surface area contributed by atoms with E-state index in [1.165, 1.54) is 0 Å². The lowest BCUT2D eigenvalue weighted by Gasteiger charge is -2.22. The van der Waals surface area contributed by atoms with E-state index < -0.39 is 15.6 Å². The van der Waals surface area contributed by atoms with E-state index in [1.54, 1.807) is 36.6 Å². The van der Waals surface area contributed by atoms with Gasteiger partial charge in [0.05, 0.1) is 11.4 Å². The first-order valence-corrected chi connectivity index (χ1v) is 10.9. The summed E-state index contributed by atoms with van der Waals surface area (Å²) in [5, 5.41) is 7.31. The van der Waals surface area contributed by atoms with Crippen LogP contribution in [0.25, 0.3) is 0 Å². The van der Waals surface area contributed by atoms with Crippen molar-refractivity contribution in [2.45, 2.75) is 51.2 Å². The number of thiazole rings is 1. The van der Waals surface area contributed by atoms with E-state index in [2.05, 4.69) is 25.3 Å². The van der Waals surface area contributed by atoms with Crippen LogP contribution in [0, 0.1) is 6.92 Å². The van der Waals surface area contributed by atoms with Crippen LogP contribution in [0.5, 0.6) is 0 Å². The van der Waals surface area contributed by atoms with Crippen molar-refractivity contribution < 1.29 is 8.42 Å². The van der Waals surface area contributed by atoms with Crippen LogP contribution < -0.4 is 15.4 Å². The smallest absolute Gasteiger partial charge is 0.241 e. The van der Waals surface area contributed by atoms with Gasteiger partial charge in [-0.1, -0.05) is 18.2 Å². The van der Waals surface area contributed by atoms with Gasteiger partial charge in [0.25, 0.3) is 0 Å². The van der Waals surface area contributed by atoms with Gasteiger partial charge >= 0.3 is 0 Å². The summed E-state index contributed by atoms with van der Waals surface area (Å²) in [6.45, 7) is 8.35. The Labute approximate surface area is 188 Å². The molecule has 1 aromatic heterocycles. The highest BCUT2D eigenvalue weighted by molar-refractivity contribution is 14.0. The summed E-state index contributed by atoms with van der Waals surface area (Å²) in [6, 6.07) is 6.95. The molecule has 0 bridgehead atoms. The van der Waals surface area contributed by atoms with Crippen LogP contribution in [0.4, 0.5) is 0 Å². The Balaban J connectivity index is 0.00000392. The highest BCUT2D eigenvalue weighted by atomic mass is 127. The Morgan fingerprint density at radius 3 is 2.39 bits per heavy atom. The van der Waals surface area contributed by atoms with Gasteiger partial charge in [0, 0.05) is 30.2 Å². The minimum Gasteiger partial charge on any atom is -0.352 e. The third-order valence-corrected chi connectivity index (χ3v) is 6.22. The lowest BCUT2D eigenvalue weighted by molar-refractivity contribution is 0.491. The lowest BCUT2D eigenvalue weighted by atomic mass is 10.1. The summed E-state index contributed by atoms with van der Waals surface area (Å²) < 4.78 is 28.1. The minimum absolute atomic E-state index is 0. The summed E-state index contributed by atoms with van der Waals surface area (Å²) in [5.74, 6) is 0.582. The number of benzene rings is 1. The fourth-order valence-corrected chi connectivity index (χ4v) is 4.80. The second-order valence-corrected chi connectivity index (χ2v) is 10.1. The van der Waals surface area contributed by atoms with Gasteiger partial charge in [0.1, 0.15) is 5.01 Å². The highest BCUT2D eigenvalue weighted by Gasteiger charge is 2.24. The molecule has 28 heavy (non-hydrogen) atoms. The molecule has 0 atom stereocenters. The third-order valence-electron chi connectivity index (χ3n) is 3.45. The summed E-state index contributed by atoms with van der Waals surface area (Å²) in [6.07, 6.45) is 1.83. The minimum atomic E-state index is -3.61. The Morgan fingerprint density at radius 2 is 1.82 bits per heavy atom. The van der Waals surface area contributed by atoms with Crippen LogP contribution in [0.15, 0.2) is 40.4 Å². The number of aromatic nitrogens is 1. The standard InChI is InChI=1S/C18H27N5O2S2.HI/c1-13-10-20-16(26-13)12-22-17(19-5)21-11-14-8-6-7-9-15(14)27(24,25)23-18(2,3)4;/h6-10,23H,11-12H2,1-5H3,(H2,19,21,22);1H. The topological polar surface area (TPSA) is 95.5 Å². The largest absolute Gasteiger partial charge is 0.352 e. The lowest BCUT2D eigenvalue weighted by Crippen LogP contribution is -2.41. The fraction of sp³-hybridized carbons (Fsp3) is 0.444. The summed E-state index contributed by atoms with van der Waals surface area (Å²) in [7, 11) is -1.94. The molecule has 2 rings (SSSR count). The molecular weight excluding hydrogens is 509 g/mol. The molecule has 0 aliphatic rings. The zero-order chi connectivity index (χ0) is 20.1. The van der Waals surface area contributed by atoms with Gasteiger partial charge in [0.2, 0.25) is 10.0 Å². The Kier molecular flexibility index (Phi) is 9.31. The van der Waals surface area contributed by atoms with Gasteiger partial charge in [-0.05, 0) is 39.3 Å². The first-order valence-electron chi connectivity index (χ1n) is 8.58. The number of halogens is 1. The predicted molar refractivity (Wildman–Crippen MR) is 126 cm³/mol. The van der Waals surface area contributed by atoms with Gasteiger partial charge < -0.3 is 10.6 Å². The van der Waals surface area contributed by atoms with Gasteiger partial charge in [-0.2, -0.15) is 0 Å². The molecule has 10 heteroatoms. The van der Waals surface area contributed by atoms with Crippen LogP contribution in [0.2, 0.25) is 0 Å². The van der Waals surface area contributed by atoms with Crippen molar-refractivity contribution in [2.24, 2.45) is 4.99 Å². The number of sulfonamides is 1. The quantitative estimate of drug-likeness (QED) is 0.299. The van der Waals surface area contributed by atoms with Crippen LogP contribution in [-0.2, 0) is 23.1 Å². The normalized spacial score (nSPS) is 12.4. The molecule has 0 spiro atoms. The number of aryl methyl sites for hydroxylation is 1. The first kappa shape index (κ1) is 24.8. The maximum Gasteiger partial charge on any atom is 0.241 e. The van der Waals surface area contributed by atoms with Gasteiger partial charge in [-0.25, -0.2) is 18.1 Å². The molecule has 0 radical (unpaired) electrons. The van der Waals surface area contributed by atoms with E-state index in [4.69, 9.17) is 0 Å². The molecule has 3 N–H and O–H groups in total. The van der Waals surface area contributed by atoms with Crippen molar-refractivity contribution in [3.05, 3.63) is 45.9 Å². The van der Waals surface area contributed by atoms with Crippen molar-refractivity contribution >= 4 is 51.3 Å². The van der Waals surface area contributed by atoms with Crippen molar-refractivity contribution in [3.8, 4) is 0 Å². The summed E-state index contributed by atoms with van der Waals surface area (Å²) in [4.78, 5) is 9.90. The Bertz CT molecular complexity index is 905. The summed E-state index contributed by atoms with van der Waals surface area (Å²) >= 11 is 1.62. The van der Waals surface area contributed by atoms with Gasteiger partial charge in [-0.3, -0.25) is 4.99 Å². The second kappa shape index (κ2) is 10.5. The molecule has 7 nitrogen and oxygen atoms in total. The number of aliphatic imine (C=N–C) groups is 1. The average Bonchev–Trinajstić information content (AvgIpc) is 2.98. The van der Waals surface area contributed by atoms with Crippen molar-refractivity contribution in [1.29, 1.82) is 0 Å². The molecular formula is C18H28IN5O2S2. The van der Waals surface area contributed by atoms with Crippen molar-refractivity contribution in [3.63, 3.8) is 0 Å². The molecule has 0 saturated heterocycles. The zero-order valence-electron chi connectivity index (χ0n) is 16.7. The van der Waals surface area contributed by atoms with Crippen LogP contribution in [-0.4, -0.2) is 31.9 Å². The number of nitrogens with zero attached hydrogens (tertiary/aromatic N) is 2. The van der Waals surface area contributed by atoms with Crippen LogP contribution in [0.1, 0.15) is 36.2 Å². The molecule has 0 aliphatic carbocycles. The van der Waals surface area contributed by atoms with Gasteiger partial charge in [-0.15, -0.1) is 35.3 Å². The number of guanidine groups is 1. The fourth-order valence-electron chi connectivity index (χ4n) is 2.41. The van der Waals surface area contributed by atoms with E-state index in [-0.39, 0.29) is 28.9 Å². The molecule has 0 fully saturated rings. The van der Waals surface area contributed by atoms with E-state index in [9.17, 15) is 8.42 Å². The van der Waals surface area contributed by atoms with E-state index in [0.717, 1.165) is 9.88 Å². The Hall–Kier alpha value is -1.24. The van der Waals surface area contributed by atoms with Gasteiger partial charge in [0.15, 0.2) is 5.96 Å². The second-order valence-electron chi connectivity index (χ2n) is 7.11. The molecule has 0 unspecified atom stereocenters.